The van der Waals surface area contributed by atoms with Gasteiger partial charge in [0.25, 0.3) is 0 Å². The van der Waals surface area contributed by atoms with Gasteiger partial charge in [0.05, 0.1) is 17.3 Å². The fourth-order valence-corrected chi connectivity index (χ4v) is 4.38. The molecular formula is C18H23ClN2O3. The summed E-state index contributed by atoms with van der Waals surface area (Å²) >= 11 is 6.16. The second kappa shape index (κ2) is 7.11. The van der Waals surface area contributed by atoms with Gasteiger partial charge in [-0.25, -0.2) is 0 Å². The van der Waals surface area contributed by atoms with E-state index in [0.29, 0.717) is 23.0 Å². The number of carboxylic acids is 1. The number of nitrogens with zero attached hydrogens (tertiary/aromatic N) is 1. The summed E-state index contributed by atoms with van der Waals surface area (Å²) in [7, 11) is 0. The molecule has 1 saturated heterocycles. The Morgan fingerprint density at radius 3 is 2.79 bits per heavy atom. The van der Waals surface area contributed by atoms with E-state index < -0.39 is 12.0 Å². The average Bonchev–Trinajstić information content (AvgIpc) is 2.89. The smallest absolute Gasteiger partial charge is 0.320 e. The van der Waals surface area contributed by atoms with E-state index in [9.17, 15) is 14.7 Å². The zero-order valence-electron chi connectivity index (χ0n) is 13.8. The number of carboxylic acid groups (broad SMARTS) is 1. The number of halogens is 1. The van der Waals surface area contributed by atoms with Gasteiger partial charge in [0.1, 0.15) is 6.04 Å². The van der Waals surface area contributed by atoms with Gasteiger partial charge >= 0.3 is 5.97 Å². The molecule has 2 fully saturated rings. The first-order chi connectivity index (χ1) is 11.5. The van der Waals surface area contributed by atoms with Crippen molar-refractivity contribution in [3.8, 4) is 0 Å². The summed E-state index contributed by atoms with van der Waals surface area (Å²) in [6.07, 6.45) is 4.96. The minimum Gasteiger partial charge on any atom is -0.480 e. The number of rotatable bonds is 4. The van der Waals surface area contributed by atoms with Crippen molar-refractivity contribution < 1.29 is 14.7 Å². The lowest BCUT2D eigenvalue weighted by molar-refractivity contribution is -0.143. The summed E-state index contributed by atoms with van der Waals surface area (Å²) < 4.78 is 0. The second-order valence-electron chi connectivity index (χ2n) is 6.91. The van der Waals surface area contributed by atoms with Crippen molar-refractivity contribution in [1.82, 2.24) is 4.90 Å². The zero-order chi connectivity index (χ0) is 17.3. The number of amides is 1. The van der Waals surface area contributed by atoms with E-state index in [0.717, 1.165) is 31.2 Å². The molecule has 1 aromatic carbocycles. The first kappa shape index (κ1) is 17.2. The number of carbonyl (C=O) groups is 2. The fraction of sp³-hybridized carbons (Fsp3) is 0.556. The number of anilines is 1. The minimum absolute atomic E-state index is 0.0995. The molecular weight excluding hydrogens is 328 g/mol. The fourth-order valence-electron chi connectivity index (χ4n) is 4.10. The number of carbonyl (C=O) groups excluding carboxylic acids is 1. The van der Waals surface area contributed by atoms with Crippen molar-refractivity contribution >= 4 is 29.2 Å². The van der Waals surface area contributed by atoms with Crippen LogP contribution in [0.25, 0.3) is 0 Å². The van der Waals surface area contributed by atoms with Crippen molar-refractivity contribution in [3.63, 3.8) is 0 Å². The van der Waals surface area contributed by atoms with Crippen LogP contribution >= 0.6 is 11.6 Å². The monoisotopic (exact) mass is 350 g/mol. The predicted molar refractivity (Wildman–Crippen MR) is 93.3 cm³/mol. The summed E-state index contributed by atoms with van der Waals surface area (Å²) in [5, 5.41) is 12.8. The van der Waals surface area contributed by atoms with E-state index in [4.69, 9.17) is 11.6 Å². The van der Waals surface area contributed by atoms with Gasteiger partial charge in [-0.3, -0.25) is 14.5 Å². The zero-order valence-corrected chi connectivity index (χ0v) is 14.6. The Morgan fingerprint density at radius 2 is 2.08 bits per heavy atom. The minimum atomic E-state index is -0.828. The summed E-state index contributed by atoms with van der Waals surface area (Å²) in [6, 6.07) is 5.10. The Hall–Kier alpha value is -1.59. The van der Waals surface area contributed by atoms with Gasteiger partial charge in [-0.1, -0.05) is 30.5 Å². The van der Waals surface area contributed by atoms with Crippen molar-refractivity contribution in [3.05, 3.63) is 28.8 Å². The lowest BCUT2D eigenvalue weighted by Gasteiger charge is -2.32. The van der Waals surface area contributed by atoms with Gasteiger partial charge in [0, 0.05) is 6.04 Å². The molecule has 24 heavy (non-hydrogen) atoms. The summed E-state index contributed by atoms with van der Waals surface area (Å²) in [6.45, 7) is 2.03. The van der Waals surface area contributed by atoms with Crippen LogP contribution in [0.3, 0.4) is 0 Å². The number of hydrogen-bond acceptors (Lipinski definition) is 3. The molecule has 3 atom stereocenters. The Bertz CT molecular complexity index is 649. The van der Waals surface area contributed by atoms with Gasteiger partial charge in [-0.2, -0.15) is 0 Å². The van der Waals surface area contributed by atoms with Crippen LogP contribution in [-0.2, 0) is 9.59 Å². The quantitative estimate of drug-likeness (QED) is 0.874. The van der Waals surface area contributed by atoms with E-state index in [-0.39, 0.29) is 18.5 Å². The second-order valence-corrected chi connectivity index (χ2v) is 7.31. The first-order valence-electron chi connectivity index (χ1n) is 8.50. The molecule has 0 radical (unpaired) electrons. The molecule has 5 nitrogen and oxygen atoms in total. The molecule has 1 saturated carbocycles. The van der Waals surface area contributed by atoms with Crippen LogP contribution in [0.2, 0.25) is 5.02 Å². The molecule has 0 bridgehead atoms. The Labute approximate surface area is 147 Å². The maximum Gasteiger partial charge on any atom is 0.320 e. The highest BCUT2D eigenvalue weighted by Crippen LogP contribution is 2.39. The molecule has 2 aliphatic rings. The number of likely N-dealkylation sites (tertiary alicyclic amines) is 1. The molecule has 1 aromatic rings. The van der Waals surface area contributed by atoms with E-state index in [1.54, 1.807) is 12.1 Å². The van der Waals surface area contributed by atoms with Crippen LogP contribution in [0.15, 0.2) is 18.2 Å². The average molecular weight is 351 g/mol. The van der Waals surface area contributed by atoms with Crippen LogP contribution in [0, 0.1) is 12.8 Å². The molecule has 1 aliphatic heterocycles. The normalized spacial score (nSPS) is 26.8. The third-order valence-corrected chi connectivity index (χ3v) is 5.54. The van der Waals surface area contributed by atoms with Crippen LogP contribution in [0.5, 0.6) is 0 Å². The SMILES string of the molecule is Cc1ccc(NC(=O)CN2C(C(=O)O)CC3CCCCC32)c(Cl)c1. The van der Waals surface area contributed by atoms with E-state index in [2.05, 4.69) is 5.32 Å². The van der Waals surface area contributed by atoms with Gasteiger partial charge in [-0.15, -0.1) is 0 Å². The Kier molecular flexibility index (Phi) is 5.11. The van der Waals surface area contributed by atoms with Crippen molar-refractivity contribution in [2.75, 3.05) is 11.9 Å². The van der Waals surface area contributed by atoms with Crippen LogP contribution < -0.4 is 5.32 Å². The third kappa shape index (κ3) is 3.57. The molecule has 2 N–H and O–H groups in total. The molecule has 130 valence electrons. The molecule has 0 aromatic heterocycles. The Morgan fingerprint density at radius 1 is 1.33 bits per heavy atom. The van der Waals surface area contributed by atoms with E-state index in [1.165, 1.54) is 0 Å². The largest absolute Gasteiger partial charge is 0.480 e. The molecule has 3 unspecified atom stereocenters. The van der Waals surface area contributed by atoms with Crippen molar-refractivity contribution in [2.24, 2.45) is 5.92 Å². The number of benzene rings is 1. The van der Waals surface area contributed by atoms with E-state index in [1.807, 2.05) is 17.9 Å². The third-order valence-electron chi connectivity index (χ3n) is 5.23. The first-order valence-corrected chi connectivity index (χ1v) is 8.88. The molecule has 3 rings (SSSR count). The topological polar surface area (TPSA) is 69.6 Å². The van der Waals surface area contributed by atoms with Gasteiger partial charge < -0.3 is 10.4 Å². The standard InChI is InChI=1S/C18H23ClN2O3/c1-11-6-7-14(13(19)8-11)20-17(22)10-21-15-5-3-2-4-12(15)9-16(21)18(23)24/h6-8,12,15-16H,2-5,9-10H2,1H3,(H,20,22)(H,23,24). The molecule has 1 amide bonds. The summed E-state index contributed by atoms with van der Waals surface area (Å²) in [4.78, 5) is 25.9. The predicted octanol–water partition coefficient (Wildman–Crippen LogP) is 3.30. The number of hydrogen-bond donors (Lipinski definition) is 2. The maximum atomic E-state index is 12.4. The molecule has 1 heterocycles. The summed E-state index contributed by atoms with van der Waals surface area (Å²) in [5.74, 6) is -0.639. The number of fused-ring (bicyclic) bond motifs is 1. The van der Waals surface area contributed by atoms with Crippen LogP contribution in [0.4, 0.5) is 5.69 Å². The van der Waals surface area contributed by atoms with Crippen molar-refractivity contribution in [2.45, 2.75) is 51.1 Å². The highest BCUT2D eigenvalue weighted by molar-refractivity contribution is 6.33. The lowest BCUT2D eigenvalue weighted by Crippen LogP contribution is -2.46. The summed E-state index contributed by atoms with van der Waals surface area (Å²) in [5.41, 5.74) is 1.59. The Balaban J connectivity index is 1.70. The molecule has 0 spiro atoms. The number of aliphatic carboxylic acids is 1. The van der Waals surface area contributed by atoms with E-state index >= 15 is 0 Å². The van der Waals surface area contributed by atoms with Gasteiger partial charge in [0.15, 0.2) is 0 Å². The van der Waals surface area contributed by atoms with Gasteiger partial charge in [-0.05, 0) is 49.8 Å². The lowest BCUT2D eigenvalue weighted by atomic mass is 9.85. The number of nitrogens with one attached hydrogen (secondary N) is 1. The maximum absolute atomic E-state index is 12.4. The molecule has 1 aliphatic carbocycles. The van der Waals surface area contributed by atoms with Crippen molar-refractivity contribution in [1.29, 1.82) is 0 Å². The highest BCUT2D eigenvalue weighted by Gasteiger charge is 2.45. The van der Waals surface area contributed by atoms with Crippen LogP contribution in [0.1, 0.15) is 37.7 Å². The van der Waals surface area contributed by atoms with Crippen LogP contribution in [-0.4, -0.2) is 40.5 Å². The van der Waals surface area contributed by atoms with Gasteiger partial charge in [0.2, 0.25) is 5.91 Å². The number of aryl methyl sites for hydroxylation is 1. The molecule has 6 heteroatoms. The highest BCUT2D eigenvalue weighted by atomic mass is 35.5.